The van der Waals surface area contributed by atoms with Crippen LogP contribution in [0.2, 0.25) is 0 Å². The predicted octanol–water partition coefficient (Wildman–Crippen LogP) is 6.38. The van der Waals surface area contributed by atoms with Crippen molar-refractivity contribution in [2.45, 2.75) is 26.7 Å². The van der Waals surface area contributed by atoms with Gasteiger partial charge in [-0.1, -0.05) is 116 Å². The lowest BCUT2D eigenvalue weighted by molar-refractivity contribution is 0.874. The zero-order valence-electron chi connectivity index (χ0n) is 17.7. The summed E-state index contributed by atoms with van der Waals surface area (Å²) in [5, 5.41) is 0. The van der Waals surface area contributed by atoms with Gasteiger partial charge in [0.2, 0.25) is 0 Å². The Bertz CT molecular complexity index is 1150. The molecule has 0 saturated heterocycles. The first-order valence-corrected chi connectivity index (χ1v) is 10.4. The van der Waals surface area contributed by atoms with Crippen molar-refractivity contribution in [3.8, 4) is 33.4 Å². The Balaban J connectivity index is 1.96. The highest BCUT2D eigenvalue weighted by atomic mass is 14.2. The molecule has 0 radical (unpaired) electrons. The molecule has 0 aliphatic carbocycles. The van der Waals surface area contributed by atoms with Crippen molar-refractivity contribution in [3.05, 3.63) is 102 Å². The number of aryl methyl sites for hydroxylation is 1. The predicted molar refractivity (Wildman–Crippen MR) is 130 cm³/mol. The molecule has 29 heavy (non-hydrogen) atoms. The Morgan fingerprint density at radius 1 is 0.517 bits per heavy atom. The molecule has 0 N–H and O–H groups in total. The van der Waals surface area contributed by atoms with Gasteiger partial charge < -0.3 is 0 Å². The highest BCUT2D eigenvalue weighted by molar-refractivity contribution is 6.37. The zero-order chi connectivity index (χ0) is 20.4. The summed E-state index contributed by atoms with van der Waals surface area (Å²) in [5.74, 6) is 0.515. The first-order valence-electron chi connectivity index (χ1n) is 10.4. The minimum absolute atomic E-state index is 0.515. The van der Waals surface area contributed by atoms with E-state index in [1.54, 1.807) is 0 Å². The number of hydrogen-bond acceptors (Lipinski definition) is 0. The van der Waals surface area contributed by atoms with Gasteiger partial charge >= 0.3 is 0 Å². The molecule has 0 heterocycles. The fourth-order valence-electron chi connectivity index (χ4n) is 4.35. The van der Waals surface area contributed by atoms with E-state index in [0.717, 1.165) is 0 Å². The second kappa shape index (κ2) is 8.13. The molecule has 4 aromatic carbocycles. The van der Waals surface area contributed by atoms with Gasteiger partial charge in [0.05, 0.1) is 0 Å². The third-order valence-electron chi connectivity index (χ3n) is 5.87. The summed E-state index contributed by atoms with van der Waals surface area (Å²) >= 11 is 0. The standard InChI is InChI=1S/C28H27B/c1-19(2)21-17-10-18-27(28(21)29)26-16-9-8-15-25(26)24-14-7-6-13-23(24)22-12-5-4-11-20(22)3/h4-19H,29H2,1-3H3. The molecule has 4 aromatic rings. The molecular formula is C28H27B. The lowest BCUT2D eigenvalue weighted by atomic mass is 9.78. The van der Waals surface area contributed by atoms with Crippen LogP contribution in [0.5, 0.6) is 0 Å². The second-order valence-corrected chi connectivity index (χ2v) is 8.08. The van der Waals surface area contributed by atoms with Crippen LogP contribution in [0.4, 0.5) is 0 Å². The van der Waals surface area contributed by atoms with Crippen molar-refractivity contribution < 1.29 is 0 Å². The van der Waals surface area contributed by atoms with Gasteiger partial charge in [0.1, 0.15) is 7.85 Å². The van der Waals surface area contributed by atoms with Gasteiger partial charge in [0, 0.05) is 0 Å². The molecule has 0 fully saturated rings. The van der Waals surface area contributed by atoms with Crippen molar-refractivity contribution in [1.82, 2.24) is 0 Å². The molecule has 0 aliphatic heterocycles. The summed E-state index contributed by atoms with van der Waals surface area (Å²) in [7, 11) is 2.26. The minimum atomic E-state index is 0.515. The third kappa shape index (κ3) is 3.65. The maximum absolute atomic E-state index is 2.27. The smallest absolute Gasteiger partial charge is 0.0779 e. The Morgan fingerprint density at radius 2 is 0.931 bits per heavy atom. The van der Waals surface area contributed by atoms with Crippen molar-refractivity contribution in [2.24, 2.45) is 0 Å². The van der Waals surface area contributed by atoms with E-state index >= 15 is 0 Å². The van der Waals surface area contributed by atoms with Crippen LogP contribution in [0.25, 0.3) is 33.4 Å². The van der Waals surface area contributed by atoms with Gasteiger partial charge in [-0.05, 0) is 51.8 Å². The molecule has 0 nitrogen and oxygen atoms in total. The summed E-state index contributed by atoms with van der Waals surface area (Å²) < 4.78 is 0. The lowest BCUT2D eigenvalue weighted by Gasteiger charge is -2.19. The molecule has 0 aromatic heterocycles. The van der Waals surface area contributed by atoms with E-state index in [4.69, 9.17) is 0 Å². The quantitative estimate of drug-likeness (QED) is 0.364. The largest absolute Gasteiger partial charge is 0.140 e. The molecule has 0 aliphatic rings. The third-order valence-corrected chi connectivity index (χ3v) is 5.87. The first-order chi connectivity index (χ1) is 14.1. The molecule has 0 saturated carbocycles. The molecular weight excluding hydrogens is 347 g/mol. The molecule has 1 heteroatoms. The Morgan fingerprint density at radius 3 is 1.45 bits per heavy atom. The summed E-state index contributed by atoms with van der Waals surface area (Å²) in [4.78, 5) is 0. The number of hydrogen-bond donors (Lipinski definition) is 0. The van der Waals surface area contributed by atoms with Crippen molar-refractivity contribution in [3.63, 3.8) is 0 Å². The Labute approximate surface area is 175 Å². The normalized spacial score (nSPS) is 11.0. The summed E-state index contributed by atoms with van der Waals surface area (Å²) in [6.45, 7) is 6.73. The molecule has 0 spiro atoms. The fraction of sp³-hybridized carbons (Fsp3) is 0.143. The molecule has 0 amide bonds. The van der Waals surface area contributed by atoms with Gasteiger partial charge in [-0.3, -0.25) is 0 Å². The Kier molecular flexibility index (Phi) is 5.40. The SMILES string of the molecule is Bc1c(-c2ccccc2-c2ccccc2-c2ccccc2C)cccc1C(C)C. The van der Waals surface area contributed by atoms with Gasteiger partial charge in [-0.25, -0.2) is 0 Å². The van der Waals surface area contributed by atoms with Crippen LogP contribution in [0.3, 0.4) is 0 Å². The van der Waals surface area contributed by atoms with E-state index in [1.165, 1.54) is 50.0 Å². The van der Waals surface area contributed by atoms with Crippen LogP contribution in [-0.4, -0.2) is 7.85 Å². The first kappa shape index (κ1) is 19.3. The van der Waals surface area contributed by atoms with Crippen LogP contribution < -0.4 is 5.46 Å². The highest BCUT2D eigenvalue weighted by Gasteiger charge is 2.15. The van der Waals surface area contributed by atoms with E-state index < -0.39 is 0 Å². The Hall–Kier alpha value is -3.06. The summed E-state index contributed by atoms with van der Waals surface area (Å²) in [5.41, 5.74) is 11.9. The van der Waals surface area contributed by atoms with Crippen molar-refractivity contribution >= 4 is 13.3 Å². The van der Waals surface area contributed by atoms with Gasteiger partial charge in [0.15, 0.2) is 0 Å². The second-order valence-electron chi connectivity index (χ2n) is 8.08. The van der Waals surface area contributed by atoms with E-state index in [1.807, 2.05) is 0 Å². The molecule has 0 atom stereocenters. The van der Waals surface area contributed by atoms with Crippen LogP contribution in [-0.2, 0) is 0 Å². The maximum Gasteiger partial charge on any atom is 0.140 e. The summed E-state index contributed by atoms with van der Waals surface area (Å²) in [6, 6.07) is 33.0. The van der Waals surface area contributed by atoms with E-state index in [0.29, 0.717) is 5.92 Å². The maximum atomic E-state index is 2.27. The number of rotatable bonds is 4. The molecule has 142 valence electrons. The zero-order valence-corrected chi connectivity index (χ0v) is 17.7. The highest BCUT2D eigenvalue weighted by Crippen LogP contribution is 2.38. The monoisotopic (exact) mass is 374 g/mol. The van der Waals surface area contributed by atoms with Crippen LogP contribution in [0.1, 0.15) is 30.9 Å². The van der Waals surface area contributed by atoms with Crippen molar-refractivity contribution in [2.75, 3.05) is 0 Å². The van der Waals surface area contributed by atoms with Crippen LogP contribution >= 0.6 is 0 Å². The molecule has 0 unspecified atom stereocenters. The summed E-state index contributed by atoms with van der Waals surface area (Å²) in [6.07, 6.45) is 0. The molecule has 0 bridgehead atoms. The lowest BCUT2D eigenvalue weighted by Crippen LogP contribution is -2.15. The van der Waals surface area contributed by atoms with Gasteiger partial charge in [0.25, 0.3) is 0 Å². The average Bonchev–Trinajstić information content (AvgIpc) is 2.74. The topological polar surface area (TPSA) is 0 Å². The van der Waals surface area contributed by atoms with Crippen LogP contribution in [0.15, 0.2) is 91.0 Å². The van der Waals surface area contributed by atoms with E-state index in [9.17, 15) is 0 Å². The van der Waals surface area contributed by atoms with E-state index in [2.05, 4.69) is 120 Å². The fourth-order valence-corrected chi connectivity index (χ4v) is 4.35. The average molecular weight is 374 g/mol. The molecule has 4 rings (SSSR count). The number of benzene rings is 4. The van der Waals surface area contributed by atoms with Crippen LogP contribution in [0, 0.1) is 6.92 Å². The minimum Gasteiger partial charge on any atom is -0.0779 e. The van der Waals surface area contributed by atoms with Gasteiger partial charge in [-0.2, -0.15) is 0 Å². The van der Waals surface area contributed by atoms with E-state index in [-0.39, 0.29) is 0 Å². The van der Waals surface area contributed by atoms with Gasteiger partial charge in [-0.15, -0.1) is 0 Å². The van der Waals surface area contributed by atoms with Crippen molar-refractivity contribution in [1.29, 1.82) is 0 Å².